The van der Waals surface area contributed by atoms with E-state index in [2.05, 4.69) is 37.2 Å². The van der Waals surface area contributed by atoms with E-state index in [4.69, 9.17) is 14.2 Å². The Kier molecular flexibility index (Phi) is 22.2. The summed E-state index contributed by atoms with van der Waals surface area (Å²) in [5.74, 6) is -2.47. The third-order valence-electron chi connectivity index (χ3n) is 9.43. The third kappa shape index (κ3) is 21.3. The zero-order chi connectivity index (χ0) is 43.3. The van der Waals surface area contributed by atoms with Gasteiger partial charge in [0.05, 0.1) is 17.4 Å². The SMILES string of the molecule is CC(C)(C)OC(=O)NCCCC[C@H](NC(=O)C1CCCC1)C(=O)CBr.CC(C)(C)OC(=O)NCCCC[C@H](NC(=O)C1CCCC1)C(=O)COc1cc(F)ccc1F. The summed E-state index contributed by atoms with van der Waals surface area (Å²) < 4.78 is 42.6. The van der Waals surface area contributed by atoms with Crippen LogP contribution >= 0.6 is 15.9 Å². The number of benzene rings is 1. The Labute approximate surface area is 350 Å². The van der Waals surface area contributed by atoms with Crippen molar-refractivity contribution in [2.75, 3.05) is 25.0 Å². The molecule has 0 heterocycles. The van der Waals surface area contributed by atoms with Crippen LogP contribution in [0.1, 0.15) is 131 Å². The fourth-order valence-corrected chi connectivity index (χ4v) is 6.86. The van der Waals surface area contributed by atoms with Crippen molar-refractivity contribution in [3.63, 3.8) is 0 Å². The van der Waals surface area contributed by atoms with Gasteiger partial charge in [0.15, 0.2) is 23.1 Å². The Balaban J connectivity index is 0.000000416. The van der Waals surface area contributed by atoms with Crippen molar-refractivity contribution >= 4 is 51.5 Å². The number of halogens is 3. The molecule has 1 aromatic carbocycles. The second-order valence-electron chi connectivity index (χ2n) is 16.9. The van der Waals surface area contributed by atoms with E-state index in [9.17, 15) is 37.5 Å². The number of hydrogen-bond donors (Lipinski definition) is 4. The highest BCUT2D eigenvalue weighted by Crippen LogP contribution is 2.26. The number of alkyl halides is 1. The second kappa shape index (κ2) is 25.6. The molecule has 13 nitrogen and oxygen atoms in total. The van der Waals surface area contributed by atoms with E-state index >= 15 is 0 Å². The smallest absolute Gasteiger partial charge is 0.407 e. The molecule has 2 saturated carbocycles. The van der Waals surface area contributed by atoms with E-state index in [-0.39, 0.29) is 40.5 Å². The highest BCUT2D eigenvalue weighted by Gasteiger charge is 2.29. The van der Waals surface area contributed by atoms with E-state index in [1.165, 1.54) is 0 Å². The van der Waals surface area contributed by atoms with Crippen LogP contribution in [0.15, 0.2) is 18.2 Å². The van der Waals surface area contributed by atoms with Gasteiger partial charge in [-0.25, -0.2) is 18.4 Å². The molecule has 2 aliphatic rings. The average molecular weight is 888 g/mol. The Morgan fingerprint density at radius 1 is 0.690 bits per heavy atom. The van der Waals surface area contributed by atoms with Crippen LogP contribution < -0.4 is 26.0 Å². The molecule has 0 unspecified atom stereocenters. The van der Waals surface area contributed by atoms with Crippen molar-refractivity contribution in [1.82, 2.24) is 21.3 Å². The number of nitrogens with one attached hydrogen (secondary N) is 4. The molecule has 16 heteroatoms. The number of ketones is 2. The van der Waals surface area contributed by atoms with Gasteiger partial charge in [-0.2, -0.15) is 0 Å². The summed E-state index contributed by atoms with van der Waals surface area (Å²) in [4.78, 5) is 72.8. The van der Waals surface area contributed by atoms with Gasteiger partial charge in [-0.05, 0) is 118 Å². The molecule has 1 aromatic rings. The second-order valence-corrected chi connectivity index (χ2v) is 17.4. The van der Waals surface area contributed by atoms with Crippen molar-refractivity contribution in [2.24, 2.45) is 11.8 Å². The highest BCUT2D eigenvalue weighted by atomic mass is 79.9. The van der Waals surface area contributed by atoms with Gasteiger partial charge in [-0.1, -0.05) is 41.6 Å². The number of amides is 4. The van der Waals surface area contributed by atoms with Gasteiger partial charge in [-0.15, -0.1) is 0 Å². The third-order valence-corrected chi connectivity index (χ3v) is 9.99. The normalized spacial score (nSPS) is 15.6. The van der Waals surface area contributed by atoms with Gasteiger partial charge in [0.2, 0.25) is 11.8 Å². The maximum atomic E-state index is 13.8. The predicted molar refractivity (Wildman–Crippen MR) is 220 cm³/mol. The molecule has 2 atom stereocenters. The summed E-state index contributed by atoms with van der Waals surface area (Å²) in [5.41, 5.74) is -1.10. The summed E-state index contributed by atoms with van der Waals surface area (Å²) in [6, 6.07) is 1.49. The van der Waals surface area contributed by atoms with Crippen LogP contribution in [-0.2, 0) is 28.7 Å². The minimum Gasteiger partial charge on any atom is -0.483 e. The van der Waals surface area contributed by atoms with E-state index in [1.54, 1.807) is 20.8 Å². The minimum atomic E-state index is -0.809. The van der Waals surface area contributed by atoms with E-state index < -0.39 is 59.5 Å². The van der Waals surface area contributed by atoms with Crippen molar-refractivity contribution < 1.29 is 51.8 Å². The molecule has 0 aliphatic heterocycles. The quantitative estimate of drug-likeness (QED) is 0.0758. The molecule has 0 spiro atoms. The largest absolute Gasteiger partial charge is 0.483 e. The maximum absolute atomic E-state index is 13.8. The molecule has 0 saturated heterocycles. The Morgan fingerprint density at radius 3 is 1.53 bits per heavy atom. The van der Waals surface area contributed by atoms with Gasteiger partial charge in [0.25, 0.3) is 0 Å². The number of ether oxygens (including phenoxy) is 3. The number of alkyl carbamates (subject to hydrolysis) is 2. The number of carbonyl (C=O) groups excluding carboxylic acids is 6. The molecule has 58 heavy (non-hydrogen) atoms. The number of carbonyl (C=O) groups is 6. The van der Waals surface area contributed by atoms with Gasteiger partial charge in [0, 0.05) is 31.0 Å². The molecule has 2 aliphatic carbocycles. The van der Waals surface area contributed by atoms with Gasteiger partial charge in [-0.3, -0.25) is 19.2 Å². The zero-order valence-electron chi connectivity index (χ0n) is 35.1. The zero-order valence-corrected chi connectivity index (χ0v) is 36.7. The summed E-state index contributed by atoms with van der Waals surface area (Å²) in [7, 11) is 0. The van der Waals surface area contributed by atoms with Crippen LogP contribution in [0.3, 0.4) is 0 Å². The van der Waals surface area contributed by atoms with Crippen LogP contribution in [-0.4, -0.2) is 83.9 Å². The molecule has 0 radical (unpaired) electrons. The highest BCUT2D eigenvalue weighted by molar-refractivity contribution is 9.09. The van der Waals surface area contributed by atoms with Gasteiger partial charge < -0.3 is 35.5 Å². The monoisotopic (exact) mass is 886 g/mol. The predicted octanol–water partition coefficient (Wildman–Crippen LogP) is 7.60. The Bertz CT molecular complexity index is 1490. The molecule has 2 fully saturated rings. The fraction of sp³-hybridized carbons (Fsp3) is 0.714. The standard InChI is InChI=1S/C24H34F2N2O5.C18H31BrN2O4/c1-24(2,3)33-23(31)27-13-7-6-10-19(28-22(30)16-8-4-5-9-16)20(29)15-32-21-14-17(25)11-12-18(21)26;1-18(2,3)25-17(24)20-11-7-6-10-14(15(22)12-19)21-16(23)13-8-4-5-9-13/h11-12,14,16,19H,4-10,13,15H2,1-3H3,(H,27,31)(H,28,30);13-14H,4-12H2,1-3H3,(H,20,24)(H,21,23)/t19-;14-/m00/s1. The maximum Gasteiger partial charge on any atom is 0.407 e. The first-order chi connectivity index (χ1) is 27.3. The molecule has 0 bridgehead atoms. The first-order valence-corrected chi connectivity index (χ1v) is 21.6. The molecule has 4 N–H and O–H groups in total. The molecule has 328 valence electrons. The van der Waals surface area contributed by atoms with Crippen LogP contribution in [0.25, 0.3) is 0 Å². The summed E-state index contributed by atoms with van der Waals surface area (Å²) in [6.07, 6.45) is 10.1. The summed E-state index contributed by atoms with van der Waals surface area (Å²) in [6.45, 7) is 11.1. The lowest BCUT2D eigenvalue weighted by Gasteiger charge is -2.21. The summed E-state index contributed by atoms with van der Waals surface area (Å²) >= 11 is 3.18. The lowest BCUT2D eigenvalue weighted by Crippen LogP contribution is -2.45. The Hall–Kier alpha value is -3.82. The molecular weight excluding hydrogens is 822 g/mol. The van der Waals surface area contributed by atoms with Crippen LogP contribution in [0.5, 0.6) is 5.75 Å². The summed E-state index contributed by atoms with van der Waals surface area (Å²) in [5, 5.41) is 11.3. The molecule has 3 rings (SSSR count). The van der Waals surface area contributed by atoms with Gasteiger partial charge >= 0.3 is 12.2 Å². The number of unbranched alkanes of at least 4 members (excludes halogenated alkanes) is 2. The lowest BCUT2D eigenvalue weighted by atomic mass is 10.0. The molecular formula is C42H65BrF2N4O9. The van der Waals surface area contributed by atoms with Crippen molar-refractivity contribution in [1.29, 1.82) is 0 Å². The fourth-order valence-electron chi connectivity index (χ4n) is 6.47. The Morgan fingerprint density at radius 2 is 1.12 bits per heavy atom. The minimum absolute atomic E-state index is 0.00341. The average Bonchev–Trinajstić information content (AvgIpc) is 3.88. The number of rotatable bonds is 20. The van der Waals surface area contributed by atoms with Crippen LogP contribution in [0.4, 0.5) is 18.4 Å². The van der Waals surface area contributed by atoms with Crippen molar-refractivity contribution in [3.8, 4) is 5.75 Å². The lowest BCUT2D eigenvalue weighted by molar-refractivity contribution is -0.131. The van der Waals surface area contributed by atoms with E-state index in [0.717, 1.165) is 82.4 Å². The number of hydrogen-bond acceptors (Lipinski definition) is 9. The van der Waals surface area contributed by atoms with Gasteiger partial charge in [0.1, 0.15) is 23.6 Å². The van der Waals surface area contributed by atoms with Crippen molar-refractivity contribution in [2.45, 2.75) is 155 Å². The topological polar surface area (TPSA) is 178 Å². The van der Waals surface area contributed by atoms with Crippen molar-refractivity contribution in [3.05, 3.63) is 29.8 Å². The van der Waals surface area contributed by atoms with E-state index in [0.29, 0.717) is 38.8 Å². The first-order valence-electron chi connectivity index (χ1n) is 20.5. The molecule has 4 amide bonds. The van der Waals surface area contributed by atoms with Crippen LogP contribution in [0, 0.1) is 23.5 Å². The molecule has 0 aromatic heterocycles. The van der Waals surface area contributed by atoms with E-state index in [1.807, 2.05) is 20.8 Å². The first kappa shape index (κ1) is 50.3. The number of Topliss-reactive ketones (excluding diaryl/α,β-unsaturated/α-hetero) is 2. The van der Waals surface area contributed by atoms with Crippen LogP contribution in [0.2, 0.25) is 0 Å².